The zero-order chi connectivity index (χ0) is 28.0. The molecule has 3 fully saturated rings. The average Bonchev–Trinajstić information content (AvgIpc) is 3.41. The van der Waals surface area contributed by atoms with Gasteiger partial charge in [-0.3, -0.25) is 9.69 Å². The molecule has 3 aliphatic heterocycles. The second-order valence-electron chi connectivity index (χ2n) is 12.9. The van der Waals surface area contributed by atoms with Crippen LogP contribution in [0.2, 0.25) is 0 Å². The summed E-state index contributed by atoms with van der Waals surface area (Å²) in [5.41, 5.74) is 9.50. The lowest BCUT2D eigenvalue weighted by atomic mass is 9.70. The van der Waals surface area contributed by atoms with Crippen molar-refractivity contribution in [1.29, 1.82) is 0 Å². The fourth-order valence-corrected chi connectivity index (χ4v) is 7.94. The van der Waals surface area contributed by atoms with Crippen molar-refractivity contribution in [3.8, 4) is 0 Å². The van der Waals surface area contributed by atoms with Crippen LogP contribution in [0.5, 0.6) is 0 Å². The molecule has 0 saturated carbocycles. The van der Waals surface area contributed by atoms with Crippen molar-refractivity contribution in [1.82, 2.24) is 19.4 Å². The van der Waals surface area contributed by atoms with E-state index in [9.17, 15) is 9.18 Å². The SMILES string of the molecule is Cc1nc2ccccc2n1C1C[C@H]2CC[C@@H](C1)N2CCC1(c2cccc(F)c2)CCN(C(=O)[C@@H](N)C(C)C)CC1. The molecule has 2 bridgehead atoms. The van der Waals surface area contributed by atoms with Gasteiger partial charge in [0.15, 0.2) is 0 Å². The van der Waals surface area contributed by atoms with Crippen molar-refractivity contribution in [2.45, 2.75) is 95.3 Å². The molecular weight excluding hydrogens is 501 g/mol. The van der Waals surface area contributed by atoms with Crippen molar-refractivity contribution in [2.24, 2.45) is 11.7 Å². The molecule has 4 atom stereocenters. The number of nitrogens with zero attached hydrogens (tertiary/aromatic N) is 4. The van der Waals surface area contributed by atoms with Gasteiger partial charge in [-0.1, -0.05) is 38.1 Å². The van der Waals surface area contributed by atoms with Crippen LogP contribution in [0.25, 0.3) is 11.0 Å². The number of piperidine rings is 2. The van der Waals surface area contributed by atoms with Crippen LogP contribution >= 0.6 is 0 Å². The van der Waals surface area contributed by atoms with E-state index in [1.54, 1.807) is 6.07 Å². The summed E-state index contributed by atoms with van der Waals surface area (Å²) in [6, 6.07) is 16.9. The normalized spacial score (nSPS) is 25.6. The summed E-state index contributed by atoms with van der Waals surface area (Å²) in [5.74, 6) is 1.10. The van der Waals surface area contributed by atoms with Gasteiger partial charge in [0.1, 0.15) is 11.6 Å². The molecule has 7 heteroatoms. The number of halogens is 1. The van der Waals surface area contributed by atoms with Gasteiger partial charge in [-0.25, -0.2) is 9.37 Å². The number of rotatable bonds is 7. The van der Waals surface area contributed by atoms with Gasteiger partial charge in [0.05, 0.1) is 17.1 Å². The number of likely N-dealkylation sites (tertiary alicyclic amines) is 1. The molecular formula is C33H44FN5O. The number of nitrogens with two attached hydrogens (primary N) is 1. The Labute approximate surface area is 237 Å². The molecule has 0 spiro atoms. The van der Waals surface area contributed by atoms with Gasteiger partial charge in [0.2, 0.25) is 5.91 Å². The van der Waals surface area contributed by atoms with E-state index in [0.717, 1.165) is 55.6 Å². The van der Waals surface area contributed by atoms with E-state index in [4.69, 9.17) is 10.7 Å². The minimum absolute atomic E-state index is 0.0466. The molecule has 3 saturated heterocycles. The van der Waals surface area contributed by atoms with Crippen LogP contribution in [-0.2, 0) is 10.2 Å². The molecule has 1 unspecified atom stereocenters. The van der Waals surface area contributed by atoms with Gasteiger partial charge in [0.25, 0.3) is 0 Å². The van der Waals surface area contributed by atoms with Crippen LogP contribution in [0.15, 0.2) is 48.5 Å². The Hall–Kier alpha value is -2.77. The molecule has 3 aromatic rings. The first-order valence-corrected chi connectivity index (χ1v) is 15.3. The third-order valence-electron chi connectivity index (χ3n) is 10.3. The van der Waals surface area contributed by atoms with E-state index in [-0.39, 0.29) is 23.1 Å². The standard InChI is InChI=1S/C33H44FN5O/c1-22(2)31(35)32(40)37-16-13-33(14-17-37,24-7-6-8-25(34)19-24)15-18-38-26-11-12-27(38)21-28(20-26)39-23(3)36-29-9-4-5-10-30(29)39/h4-10,19,22,26-28,31H,11-18,20-21,35H2,1-3H3/t26-,27+,28?,31-/m0/s1. The number of hydrogen-bond donors (Lipinski definition) is 1. The Morgan fingerprint density at radius 2 is 1.75 bits per heavy atom. The van der Waals surface area contributed by atoms with Crippen molar-refractivity contribution >= 4 is 16.9 Å². The number of aryl methyl sites for hydroxylation is 1. The van der Waals surface area contributed by atoms with Gasteiger partial charge in [-0.2, -0.15) is 0 Å². The summed E-state index contributed by atoms with van der Waals surface area (Å²) in [6.45, 7) is 8.51. The van der Waals surface area contributed by atoms with Gasteiger partial charge >= 0.3 is 0 Å². The minimum atomic E-state index is -0.463. The molecule has 40 heavy (non-hydrogen) atoms. The summed E-state index contributed by atoms with van der Waals surface area (Å²) < 4.78 is 16.9. The maximum Gasteiger partial charge on any atom is 0.239 e. The van der Waals surface area contributed by atoms with Crippen LogP contribution < -0.4 is 5.73 Å². The average molecular weight is 546 g/mol. The van der Waals surface area contributed by atoms with E-state index < -0.39 is 6.04 Å². The Morgan fingerprint density at radius 1 is 1.05 bits per heavy atom. The molecule has 1 aromatic heterocycles. The topological polar surface area (TPSA) is 67.4 Å². The largest absolute Gasteiger partial charge is 0.341 e. The summed E-state index contributed by atoms with van der Waals surface area (Å²) in [6.07, 6.45) is 7.47. The molecule has 3 aliphatic rings. The second kappa shape index (κ2) is 10.9. The van der Waals surface area contributed by atoms with Crippen molar-refractivity contribution in [3.05, 3.63) is 65.7 Å². The van der Waals surface area contributed by atoms with Crippen LogP contribution in [0.1, 0.15) is 76.2 Å². The number of aromatic nitrogens is 2. The molecule has 0 radical (unpaired) electrons. The van der Waals surface area contributed by atoms with E-state index >= 15 is 0 Å². The van der Waals surface area contributed by atoms with E-state index in [0.29, 0.717) is 31.2 Å². The molecule has 2 aromatic carbocycles. The Morgan fingerprint density at radius 3 is 2.42 bits per heavy atom. The first-order chi connectivity index (χ1) is 19.3. The Kier molecular flexibility index (Phi) is 7.47. The third kappa shape index (κ3) is 4.96. The highest BCUT2D eigenvalue weighted by Gasteiger charge is 2.44. The minimum Gasteiger partial charge on any atom is -0.341 e. The number of benzene rings is 2. The van der Waals surface area contributed by atoms with Gasteiger partial charge in [-0.15, -0.1) is 0 Å². The predicted octanol–water partition coefficient (Wildman–Crippen LogP) is 5.59. The van der Waals surface area contributed by atoms with E-state index in [1.165, 1.54) is 24.4 Å². The van der Waals surface area contributed by atoms with Gasteiger partial charge < -0.3 is 15.2 Å². The van der Waals surface area contributed by atoms with Crippen molar-refractivity contribution in [3.63, 3.8) is 0 Å². The van der Waals surface area contributed by atoms with Crippen LogP contribution in [0, 0.1) is 18.7 Å². The summed E-state index contributed by atoms with van der Waals surface area (Å²) >= 11 is 0. The van der Waals surface area contributed by atoms with Crippen LogP contribution in [0.3, 0.4) is 0 Å². The molecule has 6 nitrogen and oxygen atoms in total. The van der Waals surface area contributed by atoms with E-state index in [2.05, 4.69) is 46.7 Å². The molecule has 0 aliphatic carbocycles. The smallest absolute Gasteiger partial charge is 0.239 e. The number of carbonyl (C=O) groups is 1. The summed E-state index contributed by atoms with van der Waals surface area (Å²) in [5, 5.41) is 0. The summed E-state index contributed by atoms with van der Waals surface area (Å²) in [4.78, 5) is 22.5. The fraction of sp³-hybridized carbons (Fsp3) is 0.576. The first kappa shape index (κ1) is 27.4. The van der Waals surface area contributed by atoms with E-state index in [1.807, 2.05) is 24.8 Å². The van der Waals surface area contributed by atoms with Crippen LogP contribution in [0.4, 0.5) is 4.39 Å². The quantitative estimate of drug-likeness (QED) is 0.421. The molecule has 214 valence electrons. The zero-order valence-electron chi connectivity index (χ0n) is 24.2. The molecule has 2 N–H and O–H groups in total. The lowest BCUT2D eigenvalue weighted by molar-refractivity contribution is -0.135. The first-order valence-electron chi connectivity index (χ1n) is 15.3. The molecule has 6 rings (SSSR count). The second-order valence-corrected chi connectivity index (χ2v) is 12.9. The highest BCUT2D eigenvalue weighted by Crippen LogP contribution is 2.45. The highest BCUT2D eigenvalue weighted by molar-refractivity contribution is 5.82. The summed E-state index contributed by atoms with van der Waals surface area (Å²) in [7, 11) is 0. The fourth-order valence-electron chi connectivity index (χ4n) is 7.94. The number of hydrogen-bond acceptors (Lipinski definition) is 4. The third-order valence-corrected chi connectivity index (χ3v) is 10.3. The Balaban J connectivity index is 1.18. The lowest BCUT2D eigenvalue weighted by Crippen LogP contribution is -2.53. The lowest BCUT2D eigenvalue weighted by Gasteiger charge is -2.46. The van der Waals surface area contributed by atoms with Gasteiger partial charge in [0, 0.05) is 31.2 Å². The van der Waals surface area contributed by atoms with Gasteiger partial charge in [-0.05, 0) is 99.6 Å². The maximum atomic E-state index is 14.4. The molecule has 1 amide bonds. The van der Waals surface area contributed by atoms with Crippen LogP contribution in [-0.4, -0.2) is 63.0 Å². The number of amides is 1. The molecule has 4 heterocycles. The number of fused-ring (bicyclic) bond motifs is 3. The Bertz CT molecular complexity index is 1350. The van der Waals surface area contributed by atoms with Crippen molar-refractivity contribution in [2.75, 3.05) is 19.6 Å². The number of para-hydroxylation sites is 2. The highest BCUT2D eigenvalue weighted by atomic mass is 19.1. The van der Waals surface area contributed by atoms with Crippen molar-refractivity contribution < 1.29 is 9.18 Å². The predicted molar refractivity (Wildman–Crippen MR) is 158 cm³/mol. The number of imidazole rings is 1. The zero-order valence-corrected chi connectivity index (χ0v) is 24.2. The number of carbonyl (C=O) groups excluding carboxylic acids is 1. The monoisotopic (exact) mass is 545 g/mol. The maximum absolute atomic E-state index is 14.4.